The van der Waals surface area contributed by atoms with E-state index in [-0.39, 0.29) is 18.7 Å². The summed E-state index contributed by atoms with van der Waals surface area (Å²) in [5, 5.41) is 11.8. The van der Waals surface area contributed by atoms with E-state index in [0.29, 0.717) is 6.42 Å². The maximum Gasteiger partial charge on any atom is 0.305 e. The normalized spacial score (nSPS) is 11.9. The van der Waals surface area contributed by atoms with Gasteiger partial charge in [0.25, 0.3) is 0 Å². The van der Waals surface area contributed by atoms with Gasteiger partial charge in [0.2, 0.25) is 5.91 Å². The number of amides is 1. The number of nitrogens with one attached hydrogen (secondary N) is 1. The Bertz CT molecular complexity index is 639. The summed E-state index contributed by atoms with van der Waals surface area (Å²) in [4.78, 5) is 23.1. The minimum atomic E-state index is -0.958. The molecule has 116 valence electrons. The largest absolute Gasteiger partial charge is 0.481 e. The van der Waals surface area contributed by atoms with Crippen molar-refractivity contribution in [2.75, 3.05) is 0 Å². The van der Waals surface area contributed by atoms with Crippen molar-refractivity contribution in [3.8, 4) is 0 Å². The van der Waals surface area contributed by atoms with Crippen LogP contribution >= 0.6 is 15.9 Å². The van der Waals surface area contributed by atoms with E-state index in [0.717, 1.165) is 15.6 Å². The summed E-state index contributed by atoms with van der Waals surface area (Å²) < 4.78 is 5.79. The fraction of sp³-hybridized carbons (Fsp3) is 0.250. The molecule has 1 amide bonds. The number of aryl methyl sites for hydroxylation is 1. The number of halogens is 1. The van der Waals surface area contributed by atoms with E-state index in [9.17, 15) is 9.59 Å². The molecule has 2 aromatic rings. The molecule has 1 unspecified atom stereocenters. The number of carbonyl (C=O) groups is 2. The molecule has 2 rings (SSSR count). The van der Waals surface area contributed by atoms with Crippen LogP contribution in [0.3, 0.4) is 0 Å². The van der Waals surface area contributed by atoms with Crippen LogP contribution < -0.4 is 5.32 Å². The molecule has 0 fully saturated rings. The zero-order chi connectivity index (χ0) is 15.9. The lowest BCUT2D eigenvalue weighted by Gasteiger charge is -2.17. The van der Waals surface area contributed by atoms with Crippen LogP contribution in [-0.2, 0) is 16.0 Å². The average Bonchev–Trinajstić information content (AvgIpc) is 2.97. The Balaban J connectivity index is 1.99. The third-order valence-electron chi connectivity index (χ3n) is 3.19. The number of aliphatic carboxylic acids is 1. The first kappa shape index (κ1) is 16.3. The highest BCUT2D eigenvalue weighted by Gasteiger charge is 2.18. The van der Waals surface area contributed by atoms with Crippen LogP contribution in [-0.4, -0.2) is 17.0 Å². The summed E-state index contributed by atoms with van der Waals surface area (Å²) in [6.45, 7) is 0. The van der Waals surface area contributed by atoms with Gasteiger partial charge in [0.1, 0.15) is 0 Å². The minimum absolute atomic E-state index is 0.159. The van der Waals surface area contributed by atoms with Gasteiger partial charge in [0.05, 0.1) is 25.0 Å². The molecule has 0 aliphatic heterocycles. The van der Waals surface area contributed by atoms with Crippen molar-refractivity contribution >= 4 is 27.8 Å². The number of carbonyl (C=O) groups excluding carboxylic acids is 1. The van der Waals surface area contributed by atoms with Crippen molar-refractivity contribution in [1.29, 1.82) is 0 Å². The highest BCUT2D eigenvalue weighted by molar-refractivity contribution is 9.10. The van der Waals surface area contributed by atoms with Crippen LogP contribution in [0.25, 0.3) is 0 Å². The van der Waals surface area contributed by atoms with E-state index in [4.69, 9.17) is 9.52 Å². The van der Waals surface area contributed by atoms with Crippen molar-refractivity contribution in [3.63, 3.8) is 0 Å². The number of furan rings is 1. The average molecular weight is 366 g/mol. The second-order valence-corrected chi connectivity index (χ2v) is 5.82. The van der Waals surface area contributed by atoms with Gasteiger partial charge in [-0.15, -0.1) is 0 Å². The van der Waals surface area contributed by atoms with Crippen LogP contribution in [0.15, 0.2) is 51.7 Å². The molecule has 5 nitrogen and oxygen atoms in total. The van der Waals surface area contributed by atoms with E-state index in [1.54, 1.807) is 24.7 Å². The Hall–Kier alpha value is -2.08. The summed E-state index contributed by atoms with van der Waals surface area (Å²) in [5.74, 6) is -1.15. The van der Waals surface area contributed by atoms with Gasteiger partial charge in [-0.25, -0.2) is 0 Å². The highest BCUT2D eigenvalue weighted by atomic mass is 79.9. The van der Waals surface area contributed by atoms with Gasteiger partial charge in [0, 0.05) is 10.9 Å². The Labute approximate surface area is 136 Å². The third kappa shape index (κ3) is 5.04. The van der Waals surface area contributed by atoms with Gasteiger partial charge >= 0.3 is 5.97 Å². The number of hydrogen-bond acceptors (Lipinski definition) is 3. The monoisotopic (exact) mass is 365 g/mol. The standard InChI is InChI=1S/C16H16BrNO4/c17-13-3-1-2-12(8-13)14(9-16(20)21)18-15(19)5-4-11-6-7-22-10-11/h1-3,6-8,10,14H,4-5,9H2,(H,18,19)(H,20,21). The van der Waals surface area contributed by atoms with E-state index in [2.05, 4.69) is 21.2 Å². The molecule has 6 heteroatoms. The molecule has 0 aliphatic rings. The molecule has 0 saturated heterocycles. The van der Waals surface area contributed by atoms with Gasteiger partial charge in [-0.2, -0.15) is 0 Å². The van der Waals surface area contributed by atoms with Crippen LogP contribution in [0.1, 0.15) is 30.0 Å². The van der Waals surface area contributed by atoms with Crippen LogP contribution in [0.4, 0.5) is 0 Å². The number of hydrogen-bond donors (Lipinski definition) is 2. The summed E-state index contributed by atoms with van der Waals surface area (Å²) in [7, 11) is 0. The van der Waals surface area contributed by atoms with Crippen LogP contribution in [0.2, 0.25) is 0 Å². The van der Waals surface area contributed by atoms with E-state index < -0.39 is 12.0 Å². The first-order valence-electron chi connectivity index (χ1n) is 6.82. The predicted octanol–water partition coefficient (Wildman–Crippen LogP) is 3.31. The molecule has 2 N–H and O–H groups in total. The molecule has 0 bridgehead atoms. The summed E-state index contributed by atoms with van der Waals surface area (Å²) in [6.07, 6.45) is 3.83. The topological polar surface area (TPSA) is 79.5 Å². The molecule has 0 saturated carbocycles. The summed E-state index contributed by atoms with van der Waals surface area (Å²) in [5.41, 5.74) is 1.70. The molecule has 0 aliphatic carbocycles. The molecule has 1 heterocycles. The van der Waals surface area contributed by atoms with E-state index in [1.807, 2.05) is 18.2 Å². The maximum absolute atomic E-state index is 12.0. The molecule has 1 atom stereocenters. The first-order valence-corrected chi connectivity index (χ1v) is 7.61. The molecule has 0 radical (unpaired) electrons. The van der Waals surface area contributed by atoms with Gasteiger partial charge in [-0.1, -0.05) is 28.1 Å². The molecule has 0 spiro atoms. The highest BCUT2D eigenvalue weighted by Crippen LogP contribution is 2.21. The SMILES string of the molecule is O=C(O)CC(NC(=O)CCc1ccoc1)c1cccc(Br)c1. The zero-order valence-corrected chi connectivity index (χ0v) is 13.4. The van der Waals surface area contributed by atoms with E-state index in [1.165, 1.54) is 0 Å². The van der Waals surface area contributed by atoms with Crippen molar-refractivity contribution in [3.05, 3.63) is 58.5 Å². The lowest BCUT2D eigenvalue weighted by Crippen LogP contribution is -2.30. The quantitative estimate of drug-likeness (QED) is 0.788. The second-order valence-electron chi connectivity index (χ2n) is 4.90. The lowest BCUT2D eigenvalue weighted by atomic mass is 10.0. The Morgan fingerprint density at radius 1 is 1.32 bits per heavy atom. The Kier molecular flexibility index (Phi) is 5.77. The Morgan fingerprint density at radius 3 is 2.77 bits per heavy atom. The lowest BCUT2D eigenvalue weighted by molar-refractivity contribution is -0.137. The first-order chi connectivity index (χ1) is 10.5. The second kappa shape index (κ2) is 7.79. The molecular formula is C16H16BrNO4. The van der Waals surface area contributed by atoms with Crippen molar-refractivity contribution < 1.29 is 19.1 Å². The smallest absolute Gasteiger partial charge is 0.305 e. The fourth-order valence-electron chi connectivity index (χ4n) is 2.11. The summed E-state index contributed by atoms with van der Waals surface area (Å²) >= 11 is 3.35. The van der Waals surface area contributed by atoms with Crippen LogP contribution in [0.5, 0.6) is 0 Å². The van der Waals surface area contributed by atoms with Crippen molar-refractivity contribution in [2.45, 2.75) is 25.3 Å². The minimum Gasteiger partial charge on any atom is -0.481 e. The van der Waals surface area contributed by atoms with Gasteiger partial charge < -0.3 is 14.8 Å². The number of carboxylic acids is 1. The zero-order valence-electron chi connectivity index (χ0n) is 11.8. The molecule has 1 aromatic carbocycles. The van der Waals surface area contributed by atoms with Gasteiger partial charge in [-0.05, 0) is 35.7 Å². The number of carboxylic acid groups (broad SMARTS) is 1. The molecule has 22 heavy (non-hydrogen) atoms. The van der Waals surface area contributed by atoms with Crippen LogP contribution in [0, 0.1) is 0 Å². The molecular weight excluding hydrogens is 350 g/mol. The number of benzene rings is 1. The molecule has 1 aromatic heterocycles. The van der Waals surface area contributed by atoms with Crippen molar-refractivity contribution in [1.82, 2.24) is 5.32 Å². The van der Waals surface area contributed by atoms with E-state index >= 15 is 0 Å². The third-order valence-corrected chi connectivity index (χ3v) is 3.68. The van der Waals surface area contributed by atoms with Gasteiger partial charge in [0.15, 0.2) is 0 Å². The Morgan fingerprint density at radius 2 is 2.14 bits per heavy atom. The predicted molar refractivity (Wildman–Crippen MR) is 84.3 cm³/mol. The fourth-order valence-corrected chi connectivity index (χ4v) is 2.53. The van der Waals surface area contributed by atoms with Crippen molar-refractivity contribution in [2.24, 2.45) is 0 Å². The summed E-state index contributed by atoms with van der Waals surface area (Å²) in [6, 6.07) is 8.52. The van der Waals surface area contributed by atoms with Gasteiger partial charge in [-0.3, -0.25) is 9.59 Å². The maximum atomic E-state index is 12.0. The number of rotatable bonds is 7.